The van der Waals surface area contributed by atoms with E-state index in [1.807, 2.05) is 0 Å². The Morgan fingerprint density at radius 2 is 2.05 bits per heavy atom. The molecule has 1 atom stereocenters. The van der Waals surface area contributed by atoms with Crippen LogP contribution in [0.2, 0.25) is 0 Å². The molecule has 0 amide bonds. The molecule has 0 fully saturated rings. The van der Waals surface area contributed by atoms with Gasteiger partial charge in [0.05, 0.1) is 18.4 Å². The van der Waals surface area contributed by atoms with Crippen molar-refractivity contribution in [3.05, 3.63) is 24.3 Å². The van der Waals surface area contributed by atoms with Crippen molar-refractivity contribution in [2.75, 3.05) is 32.6 Å². The van der Waals surface area contributed by atoms with Crippen molar-refractivity contribution in [3.8, 4) is 0 Å². The predicted molar refractivity (Wildman–Crippen MR) is 73.7 cm³/mol. The Morgan fingerprint density at radius 3 is 2.68 bits per heavy atom. The van der Waals surface area contributed by atoms with Crippen LogP contribution in [0.4, 0.5) is 5.69 Å². The number of ether oxygens (including phenoxy) is 1. The summed E-state index contributed by atoms with van der Waals surface area (Å²) in [4.78, 5) is 0.193. The van der Waals surface area contributed by atoms with Gasteiger partial charge in [0.15, 0.2) is 0 Å². The lowest BCUT2D eigenvalue weighted by Gasteiger charge is -2.13. The first-order valence-electron chi connectivity index (χ1n) is 5.94. The Hall–Kier alpha value is -1.15. The average Bonchev–Trinajstić information content (AvgIpc) is 2.39. The molecule has 0 aliphatic heterocycles. The zero-order chi connectivity index (χ0) is 14.3. The van der Waals surface area contributed by atoms with Gasteiger partial charge >= 0.3 is 0 Å². The van der Waals surface area contributed by atoms with E-state index in [9.17, 15) is 13.5 Å². The van der Waals surface area contributed by atoms with Crippen LogP contribution in [-0.2, 0) is 14.8 Å². The van der Waals surface area contributed by atoms with E-state index < -0.39 is 16.1 Å². The molecular weight excluding hydrogens is 268 g/mol. The van der Waals surface area contributed by atoms with E-state index in [1.165, 1.54) is 20.2 Å². The fourth-order valence-electron chi connectivity index (χ4n) is 1.61. The number of nitrogens with one attached hydrogen (secondary N) is 2. The van der Waals surface area contributed by atoms with Crippen molar-refractivity contribution in [2.24, 2.45) is 0 Å². The van der Waals surface area contributed by atoms with Gasteiger partial charge in [0.25, 0.3) is 0 Å². The summed E-state index contributed by atoms with van der Waals surface area (Å²) in [5.41, 5.74) is 0.515. The number of sulfonamides is 1. The molecule has 108 valence electrons. The number of methoxy groups -OCH3 is 1. The molecule has 1 aromatic carbocycles. The van der Waals surface area contributed by atoms with Gasteiger partial charge < -0.3 is 15.2 Å². The van der Waals surface area contributed by atoms with Crippen molar-refractivity contribution >= 4 is 15.7 Å². The molecule has 3 N–H and O–H groups in total. The summed E-state index contributed by atoms with van der Waals surface area (Å²) >= 11 is 0. The molecule has 7 heteroatoms. The van der Waals surface area contributed by atoms with Gasteiger partial charge in [-0.3, -0.25) is 0 Å². The van der Waals surface area contributed by atoms with Crippen LogP contribution in [0.25, 0.3) is 0 Å². The number of aliphatic hydroxyl groups is 1. The molecule has 0 aliphatic rings. The minimum Gasteiger partial charge on any atom is -0.391 e. The van der Waals surface area contributed by atoms with E-state index >= 15 is 0 Å². The Kier molecular flexibility index (Phi) is 6.23. The van der Waals surface area contributed by atoms with Crippen LogP contribution >= 0.6 is 0 Å². The van der Waals surface area contributed by atoms with Crippen LogP contribution in [0, 0.1) is 0 Å². The quantitative estimate of drug-likeness (QED) is 0.644. The van der Waals surface area contributed by atoms with Crippen LogP contribution in [0.5, 0.6) is 0 Å². The van der Waals surface area contributed by atoms with Crippen molar-refractivity contribution in [1.29, 1.82) is 0 Å². The first-order chi connectivity index (χ1) is 9.01. The lowest BCUT2D eigenvalue weighted by Crippen LogP contribution is -2.22. The van der Waals surface area contributed by atoms with E-state index in [2.05, 4.69) is 10.0 Å². The number of benzene rings is 1. The normalized spacial score (nSPS) is 13.2. The number of anilines is 1. The molecule has 0 radical (unpaired) electrons. The third-order valence-electron chi connectivity index (χ3n) is 2.60. The monoisotopic (exact) mass is 288 g/mol. The summed E-state index contributed by atoms with van der Waals surface area (Å²) in [7, 11) is -0.601. The molecular formula is C12H20N2O4S. The second-order valence-corrected chi connectivity index (χ2v) is 5.88. The van der Waals surface area contributed by atoms with E-state index in [4.69, 9.17) is 4.74 Å². The topological polar surface area (TPSA) is 87.7 Å². The minimum atomic E-state index is -3.49. The third-order valence-corrected chi connectivity index (χ3v) is 4.07. The van der Waals surface area contributed by atoms with Gasteiger partial charge in [0.1, 0.15) is 4.90 Å². The standard InChI is InChI=1S/C12H20N2O4S/c1-13-19(16,17)12-6-4-3-5-11(12)14-8-7-10(15)9-18-2/h3-6,10,13-15H,7-9H2,1-2H3. The SMILES string of the molecule is CNS(=O)(=O)c1ccccc1NCCC(O)COC. The van der Waals surface area contributed by atoms with E-state index in [0.717, 1.165) is 0 Å². The second kappa shape index (κ2) is 7.44. The van der Waals surface area contributed by atoms with Crippen molar-refractivity contribution < 1.29 is 18.3 Å². The zero-order valence-corrected chi connectivity index (χ0v) is 11.9. The van der Waals surface area contributed by atoms with E-state index in [0.29, 0.717) is 18.7 Å². The predicted octanol–water partition coefficient (Wildman–Crippen LogP) is 0.404. The summed E-state index contributed by atoms with van der Waals surface area (Å²) < 4.78 is 30.7. The van der Waals surface area contributed by atoms with Gasteiger partial charge in [-0.15, -0.1) is 0 Å². The number of aliphatic hydroxyl groups excluding tert-OH is 1. The van der Waals surface area contributed by atoms with E-state index in [-0.39, 0.29) is 11.5 Å². The van der Waals surface area contributed by atoms with E-state index in [1.54, 1.807) is 18.2 Å². The van der Waals surface area contributed by atoms with Gasteiger partial charge in [-0.05, 0) is 25.6 Å². The number of rotatable bonds is 8. The molecule has 6 nitrogen and oxygen atoms in total. The average molecular weight is 288 g/mol. The van der Waals surface area contributed by atoms with Crippen LogP contribution in [-0.4, -0.2) is 46.9 Å². The molecule has 0 saturated heterocycles. The summed E-state index contributed by atoms with van der Waals surface area (Å²) in [5, 5.41) is 12.5. The maximum atomic E-state index is 11.8. The van der Waals surface area contributed by atoms with Crippen molar-refractivity contribution in [3.63, 3.8) is 0 Å². The van der Waals surface area contributed by atoms with Crippen LogP contribution in [0.3, 0.4) is 0 Å². The fraction of sp³-hybridized carbons (Fsp3) is 0.500. The zero-order valence-electron chi connectivity index (χ0n) is 11.1. The molecule has 1 unspecified atom stereocenters. The van der Waals surface area contributed by atoms with Gasteiger partial charge in [0.2, 0.25) is 10.0 Å². The summed E-state index contributed by atoms with van der Waals surface area (Å²) in [6.45, 7) is 0.721. The molecule has 0 aliphatic carbocycles. The lowest BCUT2D eigenvalue weighted by atomic mass is 10.2. The van der Waals surface area contributed by atoms with Gasteiger partial charge in [-0.2, -0.15) is 0 Å². The largest absolute Gasteiger partial charge is 0.391 e. The van der Waals surface area contributed by atoms with Crippen molar-refractivity contribution in [2.45, 2.75) is 17.4 Å². The Labute approximate surface area is 113 Å². The highest BCUT2D eigenvalue weighted by Crippen LogP contribution is 2.20. The molecule has 0 bridgehead atoms. The summed E-state index contributed by atoms with van der Waals surface area (Å²) in [6.07, 6.45) is -0.0903. The minimum absolute atomic E-state index is 0.193. The molecule has 0 aromatic heterocycles. The third kappa shape index (κ3) is 4.79. The molecule has 0 heterocycles. The van der Waals surface area contributed by atoms with Gasteiger partial charge in [-0.1, -0.05) is 12.1 Å². The molecule has 0 saturated carbocycles. The number of para-hydroxylation sites is 1. The van der Waals surface area contributed by atoms with Crippen LogP contribution < -0.4 is 10.0 Å². The van der Waals surface area contributed by atoms with Crippen LogP contribution in [0.1, 0.15) is 6.42 Å². The molecule has 0 spiro atoms. The molecule has 19 heavy (non-hydrogen) atoms. The van der Waals surface area contributed by atoms with Gasteiger partial charge in [0, 0.05) is 13.7 Å². The summed E-state index contributed by atoms with van der Waals surface area (Å²) in [6, 6.07) is 6.63. The maximum Gasteiger partial charge on any atom is 0.242 e. The Balaban J connectivity index is 2.69. The highest BCUT2D eigenvalue weighted by atomic mass is 32.2. The Morgan fingerprint density at radius 1 is 1.37 bits per heavy atom. The second-order valence-electron chi connectivity index (χ2n) is 4.03. The first-order valence-corrected chi connectivity index (χ1v) is 7.43. The maximum absolute atomic E-state index is 11.8. The molecule has 1 aromatic rings. The Bertz CT molecular complexity index is 490. The summed E-state index contributed by atoms with van der Waals surface area (Å²) in [5.74, 6) is 0. The number of hydrogen-bond donors (Lipinski definition) is 3. The fourth-order valence-corrected chi connectivity index (χ4v) is 2.51. The lowest BCUT2D eigenvalue weighted by molar-refractivity contribution is 0.0615. The number of hydrogen-bond acceptors (Lipinski definition) is 5. The highest BCUT2D eigenvalue weighted by Gasteiger charge is 2.15. The van der Waals surface area contributed by atoms with Gasteiger partial charge in [-0.25, -0.2) is 13.1 Å². The highest BCUT2D eigenvalue weighted by molar-refractivity contribution is 7.89. The first kappa shape index (κ1) is 15.9. The molecule has 1 rings (SSSR count). The smallest absolute Gasteiger partial charge is 0.242 e. The van der Waals surface area contributed by atoms with Crippen molar-refractivity contribution in [1.82, 2.24) is 4.72 Å². The van der Waals surface area contributed by atoms with Crippen LogP contribution in [0.15, 0.2) is 29.2 Å².